The molecule has 1 aromatic heterocycles. The lowest BCUT2D eigenvalue weighted by Gasteiger charge is -2.17. The number of nitriles is 1. The lowest BCUT2D eigenvalue weighted by Crippen LogP contribution is -2.08. The van der Waals surface area contributed by atoms with Crippen molar-refractivity contribution in [2.45, 2.75) is 12.8 Å². The molecule has 0 amide bonds. The second-order valence-electron chi connectivity index (χ2n) is 8.41. The molecule has 0 aliphatic heterocycles. The minimum absolute atomic E-state index is 0.112. The highest BCUT2D eigenvalue weighted by atomic mass is 35.5. The molecule has 0 bridgehead atoms. The van der Waals surface area contributed by atoms with Crippen LogP contribution in [0.15, 0.2) is 77.3 Å². The van der Waals surface area contributed by atoms with E-state index in [-0.39, 0.29) is 5.56 Å². The van der Waals surface area contributed by atoms with Crippen LogP contribution in [0.25, 0.3) is 38.9 Å². The molecule has 1 aliphatic rings. The molecule has 4 nitrogen and oxygen atoms in total. The Labute approximate surface area is 211 Å². The van der Waals surface area contributed by atoms with Gasteiger partial charge in [-0.05, 0) is 65.9 Å². The Kier molecular flexibility index (Phi) is 6.17. The first kappa shape index (κ1) is 23.5. The van der Waals surface area contributed by atoms with Crippen molar-refractivity contribution in [1.82, 2.24) is 4.98 Å². The number of carbonyl (C=O) groups excluding carboxylic acids is 1. The van der Waals surface area contributed by atoms with Gasteiger partial charge < -0.3 is 9.72 Å². The smallest absolute Gasteiger partial charge is 0.333 e. The molecular weight excluding hydrogens is 482 g/mol. The second-order valence-corrected chi connectivity index (χ2v) is 8.81. The summed E-state index contributed by atoms with van der Waals surface area (Å²) in [4.78, 5) is 15.2. The summed E-state index contributed by atoms with van der Waals surface area (Å²) in [6.07, 6.45) is 2.67. The van der Waals surface area contributed by atoms with Crippen molar-refractivity contribution in [1.29, 1.82) is 5.26 Å². The van der Waals surface area contributed by atoms with Gasteiger partial charge in [0.2, 0.25) is 0 Å². The van der Waals surface area contributed by atoms with Crippen LogP contribution in [0.4, 0.5) is 8.78 Å². The van der Waals surface area contributed by atoms with Gasteiger partial charge in [-0.3, -0.25) is 0 Å². The van der Waals surface area contributed by atoms with Crippen LogP contribution in [0, 0.1) is 23.0 Å². The van der Waals surface area contributed by atoms with Gasteiger partial charge in [-0.25, -0.2) is 13.6 Å². The summed E-state index contributed by atoms with van der Waals surface area (Å²) < 4.78 is 33.6. The molecule has 0 unspecified atom stereocenters. The normalized spacial score (nSPS) is 13.5. The minimum atomic E-state index is -0.646. The zero-order valence-corrected chi connectivity index (χ0v) is 19.9. The number of carbonyl (C=O) groups is 1. The quantitative estimate of drug-likeness (QED) is 0.295. The Morgan fingerprint density at radius 1 is 1.06 bits per heavy atom. The van der Waals surface area contributed by atoms with Crippen molar-refractivity contribution in [3.63, 3.8) is 0 Å². The standard InChI is InChI=1S/C29H19ClF2N2O2/c1-36-29(35)18-8-10-20(24(30)13-18)16-4-2-5-17(12-16)28-27(21-6-3-7-25(32)23(21)15-33)22-14-19(31)9-11-26(22)34-28/h2-7,9,11-14,34H,8,10H2,1H3. The first-order valence-electron chi connectivity index (χ1n) is 11.2. The average Bonchev–Trinajstić information content (AvgIpc) is 3.26. The summed E-state index contributed by atoms with van der Waals surface area (Å²) in [5, 5.41) is 10.7. The number of halogens is 3. The highest BCUT2D eigenvalue weighted by molar-refractivity contribution is 6.35. The van der Waals surface area contributed by atoms with Gasteiger partial charge in [0.05, 0.1) is 18.4 Å². The lowest BCUT2D eigenvalue weighted by molar-refractivity contribution is -0.136. The molecule has 0 radical (unpaired) electrons. The largest absolute Gasteiger partial charge is 0.466 e. The van der Waals surface area contributed by atoms with E-state index in [0.717, 1.165) is 16.7 Å². The summed E-state index contributed by atoms with van der Waals surface area (Å²) in [7, 11) is 1.33. The number of benzene rings is 3. The predicted molar refractivity (Wildman–Crippen MR) is 136 cm³/mol. The Morgan fingerprint density at radius 2 is 1.83 bits per heavy atom. The number of ether oxygens (including phenoxy) is 1. The van der Waals surface area contributed by atoms with E-state index in [1.807, 2.05) is 30.3 Å². The van der Waals surface area contributed by atoms with E-state index in [4.69, 9.17) is 16.3 Å². The number of methoxy groups -OCH3 is 1. The van der Waals surface area contributed by atoms with E-state index in [2.05, 4.69) is 4.98 Å². The lowest BCUT2D eigenvalue weighted by atomic mass is 9.90. The van der Waals surface area contributed by atoms with Gasteiger partial charge in [0.25, 0.3) is 0 Å². The topological polar surface area (TPSA) is 65.9 Å². The van der Waals surface area contributed by atoms with Crippen LogP contribution in [0.2, 0.25) is 0 Å². The SMILES string of the molecule is COC(=O)C1=CC(Cl)=C(c2cccc(-c3[nH]c4ccc(F)cc4c3-c3cccc(F)c3C#N)c2)CC1. The van der Waals surface area contributed by atoms with E-state index in [1.165, 1.54) is 31.4 Å². The monoisotopic (exact) mass is 500 g/mol. The maximum atomic E-state index is 14.6. The zero-order chi connectivity index (χ0) is 25.4. The molecule has 36 heavy (non-hydrogen) atoms. The number of nitrogens with one attached hydrogen (secondary N) is 1. The van der Waals surface area contributed by atoms with Crippen molar-refractivity contribution < 1.29 is 18.3 Å². The van der Waals surface area contributed by atoms with Gasteiger partial charge >= 0.3 is 5.97 Å². The molecule has 0 saturated heterocycles. The molecule has 0 fully saturated rings. The number of aromatic amines is 1. The minimum Gasteiger partial charge on any atom is -0.466 e. The van der Waals surface area contributed by atoms with Crippen LogP contribution in [-0.2, 0) is 9.53 Å². The number of aromatic nitrogens is 1. The molecule has 3 aromatic carbocycles. The first-order valence-corrected chi connectivity index (χ1v) is 11.6. The Bertz CT molecular complexity index is 1640. The van der Waals surface area contributed by atoms with Crippen LogP contribution in [0.5, 0.6) is 0 Å². The number of rotatable bonds is 4. The Morgan fingerprint density at radius 3 is 2.58 bits per heavy atom. The van der Waals surface area contributed by atoms with Crippen molar-refractivity contribution in [2.24, 2.45) is 0 Å². The van der Waals surface area contributed by atoms with Crippen LogP contribution in [0.1, 0.15) is 24.0 Å². The van der Waals surface area contributed by atoms with E-state index in [0.29, 0.717) is 51.2 Å². The molecule has 1 N–H and O–H groups in total. The number of esters is 1. The Balaban J connectivity index is 1.71. The van der Waals surface area contributed by atoms with Gasteiger partial charge in [-0.1, -0.05) is 41.9 Å². The molecule has 7 heteroatoms. The summed E-state index contributed by atoms with van der Waals surface area (Å²) in [5.74, 6) is -1.49. The molecule has 0 atom stereocenters. The van der Waals surface area contributed by atoms with Crippen LogP contribution < -0.4 is 0 Å². The number of allylic oxidation sites excluding steroid dienone is 3. The maximum Gasteiger partial charge on any atom is 0.333 e. The van der Waals surface area contributed by atoms with Gasteiger partial charge in [0, 0.05) is 32.6 Å². The van der Waals surface area contributed by atoms with E-state index in [9.17, 15) is 18.8 Å². The number of hydrogen-bond acceptors (Lipinski definition) is 3. The fourth-order valence-corrected chi connectivity index (χ4v) is 4.97. The van der Waals surface area contributed by atoms with Crippen molar-refractivity contribution in [3.8, 4) is 28.5 Å². The average molecular weight is 501 g/mol. The fraction of sp³-hybridized carbons (Fsp3) is 0.103. The third kappa shape index (κ3) is 4.08. The van der Waals surface area contributed by atoms with Crippen molar-refractivity contribution in [3.05, 3.63) is 100 Å². The molecule has 1 heterocycles. The summed E-state index contributed by atoms with van der Waals surface area (Å²) >= 11 is 6.55. The molecule has 5 rings (SSSR count). The number of H-pyrrole nitrogens is 1. The number of nitrogens with zero attached hydrogens (tertiary/aromatic N) is 1. The fourth-order valence-electron chi connectivity index (χ4n) is 4.63. The Hall–Kier alpha value is -4.21. The molecule has 0 spiro atoms. The first-order chi connectivity index (χ1) is 17.4. The van der Waals surface area contributed by atoms with Gasteiger partial charge in [-0.2, -0.15) is 5.26 Å². The third-order valence-corrected chi connectivity index (χ3v) is 6.67. The molecular formula is C29H19ClF2N2O2. The van der Waals surface area contributed by atoms with E-state index < -0.39 is 17.6 Å². The van der Waals surface area contributed by atoms with Gasteiger partial charge in [0.15, 0.2) is 0 Å². The second kappa shape index (κ2) is 9.44. The number of fused-ring (bicyclic) bond motifs is 1. The predicted octanol–water partition coefficient (Wildman–Crippen LogP) is 7.49. The highest BCUT2D eigenvalue weighted by Crippen LogP contribution is 2.42. The summed E-state index contributed by atoms with van der Waals surface area (Å²) in [5.41, 5.74) is 5.07. The molecule has 178 valence electrons. The maximum absolute atomic E-state index is 14.6. The van der Waals surface area contributed by atoms with E-state index >= 15 is 0 Å². The zero-order valence-electron chi connectivity index (χ0n) is 19.2. The summed E-state index contributed by atoms with van der Waals surface area (Å²) in [6, 6.07) is 18.3. The van der Waals surface area contributed by atoms with Gasteiger partial charge in [-0.15, -0.1) is 0 Å². The van der Waals surface area contributed by atoms with Crippen LogP contribution in [0.3, 0.4) is 0 Å². The highest BCUT2D eigenvalue weighted by Gasteiger charge is 2.22. The number of hydrogen-bond donors (Lipinski definition) is 1. The van der Waals surface area contributed by atoms with Crippen molar-refractivity contribution in [2.75, 3.05) is 7.11 Å². The van der Waals surface area contributed by atoms with E-state index in [1.54, 1.807) is 18.2 Å². The molecule has 0 saturated carbocycles. The van der Waals surface area contributed by atoms with Crippen molar-refractivity contribution >= 4 is 34.0 Å². The summed E-state index contributed by atoms with van der Waals surface area (Å²) in [6.45, 7) is 0. The van der Waals surface area contributed by atoms with Crippen LogP contribution in [-0.4, -0.2) is 18.1 Å². The van der Waals surface area contributed by atoms with Crippen LogP contribution >= 0.6 is 11.6 Å². The third-order valence-electron chi connectivity index (χ3n) is 6.34. The molecule has 1 aliphatic carbocycles. The molecule has 4 aromatic rings. The van der Waals surface area contributed by atoms with Gasteiger partial charge in [0.1, 0.15) is 17.7 Å².